The number of benzene rings is 2. The van der Waals surface area contributed by atoms with Crippen LogP contribution < -0.4 is 15.4 Å². The van der Waals surface area contributed by atoms with Gasteiger partial charge in [0.05, 0.1) is 18.1 Å². The van der Waals surface area contributed by atoms with Crippen LogP contribution in [0.5, 0.6) is 5.75 Å². The molecular formula is C20H19F3N4O3. The zero-order valence-corrected chi connectivity index (χ0v) is 16.0. The number of halogens is 3. The minimum Gasteiger partial charge on any atom is -0.497 e. The Hall–Kier alpha value is -3.56. The van der Waals surface area contributed by atoms with Gasteiger partial charge in [-0.05, 0) is 36.4 Å². The van der Waals surface area contributed by atoms with E-state index in [1.54, 1.807) is 36.4 Å². The Kier molecular flexibility index (Phi) is 6.24. The lowest BCUT2D eigenvalue weighted by Crippen LogP contribution is -2.36. The van der Waals surface area contributed by atoms with Gasteiger partial charge in [-0.25, -0.2) is 4.98 Å². The molecule has 0 spiro atoms. The largest absolute Gasteiger partial charge is 0.497 e. The average molecular weight is 420 g/mol. The Morgan fingerprint density at radius 3 is 2.37 bits per heavy atom. The molecule has 3 rings (SSSR count). The SMILES string of the molecule is COc1ccc(C(=O)NCCNC(=O)Cn2c(C(F)(F)F)nc3ccccc32)cc1. The zero-order chi connectivity index (χ0) is 21.7. The lowest BCUT2D eigenvalue weighted by atomic mass is 10.2. The molecule has 1 aromatic heterocycles. The van der Waals surface area contributed by atoms with E-state index in [0.717, 1.165) is 4.57 Å². The van der Waals surface area contributed by atoms with E-state index >= 15 is 0 Å². The van der Waals surface area contributed by atoms with Gasteiger partial charge in [0.15, 0.2) is 0 Å². The number of alkyl halides is 3. The summed E-state index contributed by atoms with van der Waals surface area (Å²) in [5.41, 5.74) is 0.791. The zero-order valence-electron chi connectivity index (χ0n) is 16.0. The van der Waals surface area contributed by atoms with Crippen molar-refractivity contribution >= 4 is 22.8 Å². The van der Waals surface area contributed by atoms with Gasteiger partial charge >= 0.3 is 6.18 Å². The molecule has 0 radical (unpaired) electrons. The van der Waals surface area contributed by atoms with Crippen molar-refractivity contribution in [1.82, 2.24) is 20.2 Å². The maximum Gasteiger partial charge on any atom is 0.449 e. The summed E-state index contributed by atoms with van der Waals surface area (Å²) in [5, 5.41) is 5.12. The van der Waals surface area contributed by atoms with Crippen molar-refractivity contribution in [2.24, 2.45) is 0 Å². The number of carbonyl (C=O) groups excluding carboxylic acids is 2. The minimum atomic E-state index is -4.69. The molecule has 10 heteroatoms. The number of fused-ring (bicyclic) bond motifs is 1. The second kappa shape index (κ2) is 8.85. The minimum absolute atomic E-state index is 0.0642. The van der Waals surface area contributed by atoms with E-state index in [1.165, 1.54) is 19.2 Å². The molecular weight excluding hydrogens is 401 g/mol. The molecule has 0 aliphatic rings. The Morgan fingerprint density at radius 2 is 1.70 bits per heavy atom. The highest BCUT2D eigenvalue weighted by molar-refractivity contribution is 5.94. The number of nitrogens with zero attached hydrogens (tertiary/aromatic N) is 2. The van der Waals surface area contributed by atoms with Gasteiger partial charge in [0.25, 0.3) is 5.91 Å². The molecule has 3 aromatic rings. The van der Waals surface area contributed by atoms with Gasteiger partial charge < -0.3 is 19.9 Å². The standard InChI is InChI=1S/C20H19F3N4O3/c1-30-14-8-6-13(7-9-14)18(29)25-11-10-24-17(28)12-27-16-5-3-2-4-15(16)26-19(27)20(21,22)23/h2-9H,10-12H2,1H3,(H,24,28)(H,25,29). The molecule has 2 aromatic carbocycles. The van der Waals surface area contributed by atoms with E-state index in [2.05, 4.69) is 15.6 Å². The summed E-state index contributed by atoms with van der Waals surface area (Å²) in [6, 6.07) is 12.5. The number of imidazole rings is 1. The fraction of sp³-hybridized carbons (Fsp3) is 0.250. The van der Waals surface area contributed by atoms with E-state index in [4.69, 9.17) is 4.74 Å². The Morgan fingerprint density at radius 1 is 1.03 bits per heavy atom. The number of hydrogen-bond donors (Lipinski definition) is 2. The maximum absolute atomic E-state index is 13.3. The molecule has 0 atom stereocenters. The van der Waals surface area contributed by atoms with Gasteiger partial charge in [-0.2, -0.15) is 13.2 Å². The fourth-order valence-electron chi connectivity index (χ4n) is 2.87. The molecule has 1 heterocycles. The highest BCUT2D eigenvalue weighted by Gasteiger charge is 2.37. The summed E-state index contributed by atoms with van der Waals surface area (Å²) in [6.07, 6.45) is -4.69. The van der Waals surface area contributed by atoms with Gasteiger partial charge in [0.1, 0.15) is 12.3 Å². The van der Waals surface area contributed by atoms with Crippen molar-refractivity contribution in [3.63, 3.8) is 0 Å². The van der Waals surface area contributed by atoms with Crippen LogP contribution in [-0.2, 0) is 17.5 Å². The third kappa shape index (κ3) is 4.88. The Bertz CT molecular complexity index is 1050. The average Bonchev–Trinajstić information content (AvgIpc) is 3.10. The maximum atomic E-state index is 13.3. The lowest BCUT2D eigenvalue weighted by molar-refractivity contribution is -0.147. The monoisotopic (exact) mass is 420 g/mol. The Labute approximate surface area is 169 Å². The predicted octanol–water partition coefficient (Wildman–Crippen LogP) is 2.61. The highest BCUT2D eigenvalue weighted by atomic mass is 19.4. The van der Waals surface area contributed by atoms with Crippen molar-refractivity contribution in [3.8, 4) is 5.75 Å². The molecule has 0 bridgehead atoms. The van der Waals surface area contributed by atoms with Crippen molar-refractivity contribution in [1.29, 1.82) is 0 Å². The first-order valence-corrected chi connectivity index (χ1v) is 9.01. The fourth-order valence-corrected chi connectivity index (χ4v) is 2.87. The molecule has 0 saturated heterocycles. The van der Waals surface area contributed by atoms with Crippen LogP contribution in [0.1, 0.15) is 16.2 Å². The van der Waals surface area contributed by atoms with Crippen LogP contribution in [0.25, 0.3) is 11.0 Å². The third-order valence-corrected chi connectivity index (χ3v) is 4.29. The molecule has 0 aliphatic carbocycles. The van der Waals surface area contributed by atoms with Crippen LogP contribution in [-0.4, -0.2) is 41.6 Å². The first-order chi connectivity index (χ1) is 14.3. The predicted molar refractivity (Wildman–Crippen MR) is 103 cm³/mol. The van der Waals surface area contributed by atoms with Gasteiger partial charge in [0.2, 0.25) is 11.7 Å². The van der Waals surface area contributed by atoms with Crippen LogP contribution in [0.15, 0.2) is 48.5 Å². The third-order valence-electron chi connectivity index (χ3n) is 4.29. The van der Waals surface area contributed by atoms with Gasteiger partial charge in [-0.1, -0.05) is 12.1 Å². The summed E-state index contributed by atoms with van der Waals surface area (Å²) < 4.78 is 45.7. The summed E-state index contributed by atoms with van der Waals surface area (Å²) in [4.78, 5) is 27.8. The number of nitrogens with one attached hydrogen (secondary N) is 2. The molecule has 30 heavy (non-hydrogen) atoms. The van der Waals surface area contributed by atoms with Gasteiger partial charge in [-0.3, -0.25) is 9.59 Å². The summed E-state index contributed by atoms with van der Waals surface area (Å²) >= 11 is 0. The van der Waals surface area contributed by atoms with Gasteiger partial charge in [-0.15, -0.1) is 0 Å². The van der Waals surface area contributed by atoms with E-state index in [1.807, 2.05) is 0 Å². The number of methoxy groups -OCH3 is 1. The molecule has 2 amide bonds. The number of ether oxygens (including phenoxy) is 1. The van der Waals surface area contributed by atoms with E-state index < -0.39 is 24.5 Å². The highest BCUT2D eigenvalue weighted by Crippen LogP contribution is 2.31. The summed E-state index contributed by atoms with van der Waals surface area (Å²) in [5.74, 6) is -1.48. The van der Waals surface area contributed by atoms with E-state index in [-0.39, 0.29) is 30.0 Å². The second-order valence-electron chi connectivity index (χ2n) is 6.34. The topological polar surface area (TPSA) is 85.3 Å². The van der Waals surface area contributed by atoms with Crippen LogP contribution in [0.4, 0.5) is 13.2 Å². The molecule has 7 nitrogen and oxygen atoms in total. The molecule has 0 unspecified atom stereocenters. The smallest absolute Gasteiger partial charge is 0.449 e. The number of hydrogen-bond acceptors (Lipinski definition) is 4. The number of carbonyl (C=O) groups is 2. The summed E-state index contributed by atoms with van der Waals surface area (Å²) in [6.45, 7) is -0.357. The molecule has 0 saturated carbocycles. The number of aromatic nitrogens is 2. The molecule has 0 fully saturated rings. The van der Waals surface area contributed by atoms with Crippen molar-refractivity contribution in [2.45, 2.75) is 12.7 Å². The van der Waals surface area contributed by atoms with E-state index in [9.17, 15) is 22.8 Å². The second-order valence-corrected chi connectivity index (χ2v) is 6.34. The van der Waals surface area contributed by atoms with Gasteiger partial charge in [0, 0.05) is 18.7 Å². The van der Waals surface area contributed by atoms with Crippen molar-refractivity contribution < 1.29 is 27.5 Å². The Balaban J connectivity index is 1.55. The summed E-state index contributed by atoms with van der Waals surface area (Å²) in [7, 11) is 1.52. The van der Waals surface area contributed by atoms with Crippen LogP contribution in [0, 0.1) is 0 Å². The van der Waals surface area contributed by atoms with Crippen LogP contribution in [0.3, 0.4) is 0 Å². The molecule has 2 N–H and O–H groups in total. The number of para-hydroxylation sites is 2. The first kappa shape index (κ1) is 21.2. The van der Waals surface area contributed by atoms with Crippen molar-refractivity contribution in [3.05, 3.63) is 59.9 Å². The van der Waals surface area contributed by atoms with E-state index in [0.29, 0.717) is 11.3 Å². The van der Waals surface area contributed by atoms with Crippen LogP contribution >= 0.6 is 0 Å². The number of rotatable bonds is 7. The quantitative estimate of drug-likeness (QED) is 0.576. The number of amides is 2. The normalized spacial score (nSPS) is 11.3. The lowest BCUT2D eigenvalue weighted by Gasteiger charge is -2.12. The van der Waals surface area contributed by atoms with Crippen molar-refractivity contribution in [2.75, 3.05) is 20.2 Å². The first-order valence-electron chi connectivity index (χ1n) is 9.01. The molecule has 158 valence electrons. The molecule has 0 aliphatic heterocycles. The van der Waals surface area contributed by atoms with Crippen LogP contribution in [0.2, 0.25) is 0 Å².